The SMILES string of the molecule is O=C(CCc1ccccc1)NC(C(=O)Nc1ccccc1)c1ccccc1. The second-order valence-electron chi connectivity index (χ2n) is 6.25. The van der Waals surface area contributed by atoms with Crippen LogP contribution in [0.4, 0.5) is 5.69 Å². The monoisotopic (exact) mass is 358 g/mol. The molecule has 3 aromatic carbocycles. The maximum atomic E-state index is 12.8. The molecular formula is C23H22N2O2. The first-order valence-electron chi connectivity index (χ1n) is 8.96. The predicted molar refractivity (Wildman–Crippen MR) is 107 cm³/mol. The number of benzene rings is 3. The van der Waals surface area contributed by atoms with Crippen LogP contribution in [0.5, 0.6) is 0 Å². The Hall–Kier alpha value is -3.40. The van der Waals surface area contributed by atoms with Crippen molar-refractivity contribution in [3.63, 3.8) is 0 Å². The zero-order chi connectivity index (χ0) is 18.9. The third-order valence-corrected chi connectivity index (χ3v) is 4.23. The number of carbonyl (C=O) groups is 2. The molecule has 0 aliphatic carbocycles. The van der Waals surface area contributed by atoms with E-state index in [2.05, 4.69) is 10.6 Å². The Labute approximate surface area is 159 Å². The van der Waals surface area contributed by atoms with Crippen molar-refractivity contribution >= 4 is 17.5 Å². The molecule has 1 unspecified atom stereocenters. The fraction of sp³-hybridized carbons (Fsp3) is 0.130. The minimum absolute atomic E-state index is 0.157. The van der Waals surface area contributed by atoms with E-state index in [1.165, 1.54) is 0 Å². The molecule has 3 rings (SSSR count). The Balaban J connectivity index is 1.68. The highest BCUT2D eigenvalue weighted by molar-refractivity contribution is 5.97. The van der Waals surface area contributed by atoms with Crippen LogP contribution in [0.1, 0.15) is 23.6 Å². The number of amides is 2. The Kier molecular flexibility index (Phi) is 6.36. The topological polar surface area (TPSA) is 58.2 Å². The van der Waals surface area contributed by atoms with Gasteiger partial charge in [0.25, 0.3) is 5.91 Å². The van der Waals surface area contributed by atoms with Crippen molar-refractivity contribution in [3.8, 4) is 0 Å². The highest BCUT2D eigenvalue weighted by Gasteiger charge is 2.22. The molecule has 0 radical (unpaired) electrons. The number of anilines is 1. The standard InChI is InChI=1S/C23H22N2O2/c26-21(17-16-18-10-4-1-5-11-18)25-22(19-12-6-2-7-13-19)23(27)24-20-14-8-3-9-15-20/h1-15,22H,16-17H2,(H,24,27)(H,25,26). The molecule has 0 saturated heterocycles. The van der Waals surface area contributed by atoms with E-state index in [-0.39, 0.29) is 11.8 Å². The summed E-state index contributed by atoms with van der Waals surface area (Å²) < 4.78 is 0. The smallest absolute Gasteiger partial charge is 0.251 e. The maximum absolute atomic E-state index is 12.8. The molecule has 136 valence electrons. The fourth-order valence-electron chi connectivity index (χ4n) is 2.82. The summed E-state index contributed by atoms with van der Waals surface area (Å²) in [5.41, 5.74) is 2.54. The van der Waals surface area contributed by atoms with Crippen molar-refractivity contribution in [1.82, 2.24) is 5.32 Å². The molecule has 3 aromatic rings. The van der Waals surface area contributed by atoms with Gasteiger partial charge in [0.05, 0.1) is 0 Å². The molecule has 0 saturated carbocycles. The van der Waals surface area contributed by atoms with Gasteiger partial charge in [0, 0.05) is 12.1 Å². The zero-order valence-corrected chi connectivity index (χ0v) is 15.0. The summed E-state index contributed by atoms with van der Waals surface area (Å²) in [5, 5.41) is 5.74. The van der Waals surface area contributed by atoms with Crippen LogP contribution in [0, 0.1) is 0 Å². The first-order valence-corrected chi connectivity index (χ1v) is 8.96. The molecular weight excluding hydrogens is 336 g/mol. The van der Waals surface area contributed by atoms with Crippen molar-refractivity contribution in [1.29, 1.82) is 0 Å². The van der Waals surface area contributed by atoms with Crippen LogP contribution in [-0.4, -0.2) is 11.8 Å². The number of aryl methyl sites for hydroxylation is 1. The van der Waals surface area contributed by atoms with E-state index in [9.17, 15) is 9.59 Å². The van der Waals surface area contributed by atoms with E-state index in [1.807, 2.05) is 91.0 Å². The predicted octanol–water partition coefficient (Wildman–Crippen LogP) is 4.12. The first kappa shape index (κ1) is 18.4. The van der Waals surface area contributed by atoms with Gasteiger partial charge in [-0.15, -0.1) is 0 Å². The lowest BCUT2D eigenvalue weighted by molar-refractivity contribution is -0.126. The summed E-state index contributed by atoms with van der Waals surface area (Å²) in [7, 11) is 0. The fourth-order valence-corrected chi connectivity index (χ4v) is 2.82. The quantitative estimate of drug-likeness (QED) is 0.668. The number of carbonyl (C=O) groups excluding carboxylic acids is 2. The highest BCUT2D eigenvalue weighted by atomic mass is 16.2. The molecule has 4 heteroatoms. The Morgan fingerprint density at radius 3 is 1.93 bits per heavy atom. The molecule has 0 fully saturated rings. The minimum atomic E-state index is -0.741. The van der Waals surface area contributed by atoms with E-state index in [0.717, 1.165) is 11.1 Å². The molecule has 0 aliphatic heterocycles. The van der Waals surface area contributed by atoms with Crippen molar-refractivity contribution in [2.45, 2.75) is 18.9 Å². The van der Waals surface area contributed by atoms with Gasteiger partial charge < -0.3 is 10.6 Å². The summed E-state index contributed by atoms with van der Waals surface area (Å²) in [6.07, 6.45) is 0.959. The summed E-state index contributed by atoms with van der Waals surface area (Å²) in [4.78, 5) is 25.3. The molecule has 2 N–H and O–H groups in total. The Morgan fingerprint density at radius 2 is 1.30 bits per heavy atom. The van der Waals surface area contributed by atoms with Gasteiger partial charge in [0.2, 0.25) is 5.91 Å². The summed E-state index contributed by atoms with van der Waals surface area (Å²) >= 11 is 0. The highest BCUT2D eigenvalue weighted by Crippen LogP contribution is 2.16. The van der Waals surface area contributed by atoms with E-state index in [4.69, 9.17) is 0 Å². The second kappa shape index (κ2) is 9.34. The number of hydrogen-bond acceptors (Lipinski definition) is 2. The third kappa shape index (κ3) is 5.54. The average molecular weight is 358 g/mol. The molecule has 0 heterocycles. The molecule has 0 aliphatic rings. The van der Waals surface area contributed by atoms with Crippen LogP contribution >= 0.6 is 0 Å². The Bertz CT molecular complexity index is 865. The number of rotatable bonds is 7. The van der Waals surface area contributed by atoms with Gasteiger partial charge in [-0.05, 0) is 29.7 Å². The van der Waals surface area contributed by atoms with Crippen LogP contribution in [0.3, 0.4) is 0 Å². The lowest BCUT2D eigenvalue weighted by Gasteiger charge is -2.19. The van der Waals surface area contributed by atoms with Gasteiger partial charge in [-0.2, -0.15) is 0 Å². The molecule has 2 amide bonds. The van der Waals surface area contributed by atoms with Crippen LogP contribution in [0.25, 0.3) is 0 Å². The van der Waals surface area contributed by atoms with Crippen LogP contribution in [-0.2, 0) is 16.0 Å². The van der Waals surface area contributed by atoms with E-state index >= 15 is 0 Å². The summed E-state index contributed by atoms with van der Waals surface area (Å²) in [5.74, 6) is -0.420. The number of nitrogens with one attached hydrogen (secondary N) is 2. The van der Waals surface area contributed by atoms with Gasteiger partial charge in [0.1, 0.15) is 6.04 Å². The normalized spacial score (nSPS) is 11.4. The molecule has 1 atom stereocenters. The average Bonchev–Trinajstić information content (AvgIpc) is 2.72. The summed E-state index contributed by atoms with van der Waals surface area (Å²) in [6.45, 7) is 0. The third-order valence-electron chi connectivity index (χ3n) is 4.23. The van der Waals surface area contributed by atoms with E-state index < -0.39 is 6.04 Å². The number of hydrogen-bond donors (Lipinski definition) is 2. The second-order valence-corrected chi connectivity index (χ2v) is 6.25. The Morgan fingerprint density at radius 1 is 0.741 bits per heavy atom. The van der Waals surface area contributed by atoms with Crippen LogP contribution < -0.4 is 10.6 Å². The van der Waals surface area contributed by atoms with Gasteiger partial charge in [-0.25, -0.2) is 0 Å². The van der Waals surface area contributed by atoms with Crippen molar-refractivity contribution in [3.05, 3.63) is 102 Å². The van der Waals surface area contributed by atoms with Crippen molar-refractivity contribution < 1.29 is 9.59 Å². The van der Waals surface area contributed by atoms with E-state index in [1.54, 1.807) is 0 Å². The van der Waals surface area contributed by atoms with E-state index in [0.29, 0.717) is 18.5 Å². The van der Waals surface area contributed by atoms with Gasteiger partial charge in [-0.3, -0.25) is 9.59 Å². The molecule has 0 bridgehead atoms. The maximum Gasteiger partial charge on any atom is 0.251 e. The molecule has 4 nitrogen and oxygen atoms in total. The van der Waals surface area contributed by atoms with Crippen LogP contribution in [0.15, 0.2) is 91.0 Å². The minimum Gasteiger partial charge on any atom is -0.341 e. The largest absolute Gasteiger partial charge is 0.341 e. The van der Waals surface area contributed by atoms with Crippen LogP contribution in [0.2, 0.25) is 0 Å². The lowest BCUT2D eigenvalue weighted by atomic mass is 10.0. The van der Waals surface area contributed by atoms with Gasteiger partial charge in [0.15, 0.2) is 0 Å². The zero-order valence-electron chi connectivity index (χ0n) is 15.0. The summed E-state index contributed by atoms with van der Waals surface area (Å²) in [6, 6.07) is 27.6. The molecule has 27 heavy (non-hydrogen) atoms. The van der Waals surface area contributed by atoms with Gasteiger partial charge >= 0.3 is 0 Å². The number of para-hydroxylation sites is 1. The first-order chi connectivity index (χ1) is 13.2. The molecule has 0 aromatic heterocycles. The van der Waals surface area contributed by atoms with Crippen molar-refractivity contribution in [2.75, 3.05) is 5.32 Å². The molecule has 0 spiro atoms. The van der Waals surface area contributed by atoms with Gasteiger partial charge in [-0.1, -0.05) is 78.9 Å². The lowest BCUT2D eigenvalue weighted by Crippen LogP contribution is -2.37. The van der Waals surface area contributed by atoms with Crippen molar-refractivity contribution in [2.24, 2.45) is 0 Å².